The maximum absolute atomic E-state index is 12.5. The topological polar surface area (TPSA) is 79.7 Å². The second-order valence-corrected chi connectivity index (χ2v) is 14.7. The summed E-state index contributed by atoms with van der Waals surface area (Å²) in [5, 5.41) is 9.38. The van der Waals surface area contributed by atoms with Gasteiger partial charge in [0.05, 0.1) is 25.2 Å². The molecule has 3 aromatic rings. The number of aromatic nitrogens is 2. The van der Waals surface area contributed by atoms with E-state index in [0.29, 0.717) is 25.4 Å². The van der Waals surface area contributed by atoms with E-state index in [1.54, 1.807) is 4.31 Å². The zero-order valence-electron chi connectivity index (χ0n) is 25.8. The van der Waals surface area contributed by atoms with Gasteiger partial charge in [0.25, 0.3) is 0 Å². The number of fused-ring (bicyclic) bond motifs is 1. The van der Waals surface area contributed by atoms with Gasteiger partial charge in [-0.1, -0.05) is 55.8 Å². The van der Waals surface area contributed by atoms with Crippen molar-refractivity contribution >= 4 is 21.6 Å². The van der Waals surface area contributed by atoms with Crippen molar-refractivity contribution in [1.82, 2.24) is 24.3 Å². The van der Waals surface area contributed by atoms with Gasteiger partial charge < -0.3 is 10.1 Å². The number of sulfonamides is 1. The normalized spacial score (nSPS) is 16.6. The second-order valence-electron chi connectivity index (χ2n) is 12.3. The summed E-state index contributed by atoms with van der Waals surface area (Å²) in [5.74, 6) is 0.624. The van der Waals surface area contributed by atoms with Crippen LogP contribution in [0.2, 0.25) is 5.02 Å². The third-order valence-electron chi connectivity index (χ3n) is 8.39. The Morgan fingerprint density at radius 1 is 1.02 bits per heavy atom. The van der Waals surface area contributed by atoms with Crippen molar-refractivity contribution < 1.29 is 13.2 Å². The van der Waals surface area contributed by atoms with Crippen LogP contribution in [-0.4, -0.2) is 79.6 Å². The van der Waals surface area contributed by atoms with E-state index in [0.717, 1.165) is 105 Å². The fourth-order valence-electron chi connectivity index (χ4n) is 6.03. The Hall–Kier alpha value is -2.27. The number of benzene rings is 2. The Labute approximate surface area is 262 Å². The predicted octanol–water partition coefficient (Wildman–Crippen LogP) is 4.77. The van der Waals surface area contributed by atoms with Crippen LogP contribution in [0.5, 0.6) is 0 Å². The van der Waals surface area contributed by atoms with Gasteiger partial charge in [-0.25, -0.2) is 8.42 Å². The Morgan fingerprint density at radius 2 is 1.81 bits per heavy atom. The summed E-state index contributed by atoms with van der Waals surface area (Å²) in [5.41, 5.74) is 7.67. The van der Waals surface area contributed by atoms with Crippen molar-refractivity contribution in [3.8, 4) is 11.3 Å². The molecule has 10 heteroatoms. The lowest BCUT2D eigenvalue weighted by atomic mass is 9.97. The highest BCUT2D eigenvalue weighted by molar-refractivity contribution is 7.88. The molecule has 0 atom stereocenters. The molecular weight excluding hydrogens is 582 g/mol. The number of nitrogens with one attached hydrogen (secondary N) is 1. The zero-order valence-corrected chi connectivity index (χ0v) is 27.4. The number of hydrogen-bond acceptors (Lipinski definition) is 6. The monoisotopic (exact) mass is 627 g/mol. The molecule has 2 aliphatic rings. The molecule has 234 valence electrons. The van der Waals surface area contributed by atoms with Crippen molar-refractivity contribution in [1.29, 1.82) is 0 Å². The fourth-order valence-corrected chi connectivity index (χ4v) is 7.03. The standard InChI is InChI=1S/C33H46ClN5O3S/c1-25(2)22-35-23-27-7-4-6-26(20-27)8-9-28-21-29(10-11-31(28)34)33-30-24-38(43(3,40)41)15-12-32(30)39(36-33)14-5-13-37-16-18-42-19-17-37/h4,6-7,10-11,20-21,25,35H,5,8-9,12-19,22-24H2,1-3H3. The molecule has 0 amide bonds. The number of morpholine rings is 1. The summed E-state index contributed by atoms with van der Waals surface area (Å²) in [6, 6.07) is 14.9. The number of halogens is 1. The highest BCUT2D eigenvalue weighted by atomic mass is 35.5. The van der Waals surface area contributed by atoms with Crippen LogP contribution in [0.1, 0.15) is 48.2 Å². The number of ether oxygens (including phenoxy) is 1. The van der Waals surface area contributed by atoms with Gasteiger partial charge in [-0.05, 0) is 60.5 Å². The van der Waals surface area contributed by atoms with E-state index in [2.05, 4.69) is 59.1 Å². The fraction of sp³-hybridized carbons (Fsp3) is 0.545. The molecule has 2 aromatic carbocycles. The summed E-state index contributed by atoms with van der Waals surface area (Å²) < 4.78 is 34.2. The predicted molar refractivity (Wildman–Crippen MR) is 174 cm³/mol. The van der Waals surface area contributed by atoms with Gasteiger partial charge in [-0.2, -0.15) is 9.40 Å². The van der Waals surface area contributed by atoms with Crippen LogP contribution in [0, 0.1) is 5.92 Å². The van der Waals surface area contributed by atoms with E-state index >= 15 is 0 Å². The van der Waals surface area contributed by atoms with Gasteiger partial charge >= 0.3 is 0 Å². The molecule has 1 aromatic heterocycles. The van der Waals surface area contributed by atoms with Crippen molar-refractivity contribution in [3.05, 3.63) is 75.4 Å². The molecule has 0 spiro atoms. The van der Waals surface area contributed by atoms with Gasteiger partial charge in [0, 0.05) is 74.1 Å². The lowest BCUT2D eigenvalue weighted by Crippen LogP contribution is -2.37. The van der Waals surface area contributed by atoms with Crippen molar-refractivity contribution in [2.45, 2.75) is 59.2 Å². The Bertz CT molecular complexity index is 1480. The highest BCUT2D eigenvalue weighted by Crippen LogP contribution is 2.33. The molecule has 1 N–H and O–H groups in total. The molecule has 0 bridgehead atoms. The minimum absolute atomic E-state index is 0.350. The van der Waals surface area contributed by atoms with Crippen LogP contribution in [0.15, 0.2) is 42.5 Å². The molecular formula is C33H46ClN5O3S. The van der Waals surface area contributed by atoms with Crippen molar-refractivity contribution in [2.24, 2.45) is 5.92 Å². The van der Waals surface area contributed by atoms with Crippen LogP contribution < -0.4 is 5.32 Å². The lowest BCUT2D eigenvalue weighted by molar-refractivity contribution is 0.0368. The third-order valence-corrected chi connectivity index (χ3v) is 10.0. The van der Waals surface area contributed by atoms with Crippen LogP contribution in [0.3, 0.4) is 0 Å². The van der Waals surface area contributed by atoms with Crippen molar-refractivity contribution in [3.63, 3.8) is 0 Å². The van der Waals surface area contributed by atoms with Gasteiger partial charge in [0.2, 0.25) is 10.0 Å². The SMILES string of the molecule is CC(C)CNCc1cccc(CCc2cc(-c3nn(CCCN4CCOCC4)c4c3CN(S(C)(=O)=O)CC4)ccc2Cl)c1. The summed E-state index contributed by atoms with van der Waals surface area (Å²) in [4.78, 5) is 2.44. The molecule has 5 rings (SSSR count). The molecule has 1 saturated heterocycles. The molecule has 43 heavy (non-hydrogen) atoms. The van der Waals surface area contributed by atoms with E-state index in [1.807, 2.05) is 12.1 Å². The van der Waals surface area contributed by atoms with Gasteiger partial charge in [-0.15, -0.1) is 0 Å². The summed E-state index contributed by atoms with van der Waals surface area (Å²) in [7, 11) is -3.31. The first kappa shape index (κ1) is 32.1. The quantitative estimate of drug-likeness (QED) is 0.294. The average Bonchev–Trinajstić information content (AvgIpc) is 3.35. The van der Waals surface area contributed by atoms with E-state index in [-0.39, 0.29) is 0 Å². The molecule has 3 heterocycles. The highest BCUT2D eigenvalue weighted by Gasteiger charge is 2.30. The van der Waals surface area contributed by atoms with Crippen LogP contribution in [-0.2, 0) is 53.7 Å². The Morgan fingerprint density at radius 3 is 2.58 bits per heavy atom. The largest absolute Gasteiger partial charge is 0.379 e. The van der Waals surface area contributed by atoms with E-state index in [1.165, 1.54) is 17.4 Å². The van der Waals surface area contributed by atoms with Gasteiger partial charge in [0.15, 0.2) is 0 Å². The second kappa shape index (κ2) is 14.7. The number of nitrogens with zero attached hydrogens (tertiary/aromatic N) is 4. The summed E-state index contributed by atoms with van der Waals surface area (Å²) in [6.45, 7) is 12.5. The minimum Gasteiger partial charge on any atom is -0.379 e. The molecule has 0 radical (unpaired) electrons. The Balaban J connectivity index is 1.34. The van der Waals surface area contributed by atoms with E-state index in [4.69, 9.17) is 21.4 Å². The first-order valence-electron chi connectivity index (χ1n) is 15.6. The zero-order chi connectivity index (χ0) is 30.4. The average molecular weight is 628 g/mol. The smallest absolute Gasteiger partial charge is 0.211 e. The number of rotatable bonds is 13. The van der Waals surface area contributed by atoms with Crippen molar-refractivity contribution in [2.75, 3.05) is 52.2 Å². The maximum atomic E-state index is 12.5. The van der Waals surface area contributed by atoms with Crippen LogP contribution in [0.4, 0.5) is 0 Å². The van der Waals surface area contributed by atoms with Gasteiger partial charge in [-0.3, -0.25) is 9.58 Å². The lowest BCUT2D eigenvalue weighted by Gasteiger charge is -2.27. The molecule has 0 saturated carbocycles. The first-order chi connectivity index (χ1) is 20.7. The van der Waals surface area contributed by atoms with Crippen LogP contribution >= 0.6 is 11.6 Å². The molecule has 1 fully saturated rings. The summed E-state index contributed by atoms with van der Waals surface area (Å²) >= 11 is 6.72. The third kappa shape index (κ3) is 8.68. The molecule has 0 unspecified atom stereocenters. The molecule has 0 aliphatic carbocycles. The number of hydrogen-bond donors (Lipinski definition) is 1. The summed E-state index contributed by atoms with van der Waals surface area (Å²) in [6.07, 6.45) is 4.64. The van der Waals surface area contributed by atoms with E-state index < -0.39 is 10.0 Å². The van der Waals surface area contributed by atoms with E-state index in [9.17, 15) is 8.42 Å². The Kier molecular flexibility index (Phi) is 11.0. The van der Waals surface area contributed by atoms with Gasteiger partial charge in [0.1, 0.15) is 0 Å². The maximum Gasteiger partial charge on any atom is 0.211 e. The number of aryl methyl sites for hydroxylation is 3. The molecule has 2 aliphatic heterocycles. The first-order valence-corrected chi connectivity index (χ1v) is 17.8. The molecule has 8 nitrogen and oxygen atoms in total. The van der Waals surface area contributed by atoms with Crippen LogP contribution in [0.25, 0.3) is 11.3 Å². The minimum atomic E-state index is -3.31.